The molecule has 2 aromatic carbocycles. The van der Waals surface area contributed by atoms with Crippen LogP contribution in [0, 0.1) is 0 Å². The van der Waals surface area contributed by atoms with Crippen LogP contribution in [0.1, 0.15) is 76.3 Å². The Morgan fingerprint density at radius 3 is 2.07 bits per heavy atom. The lowest BCUT2D eigenvalue weighted by atomic mass is 9.70. The number of unbranched alkanes of at least 4 members (excludes halogenated alkanes) is 4. The minimum atomic E-state index is -1.79. The van der Waals surface area contributed by atoms with Gasteiger partial charge in [0.05, 0.1) is 0 Å². The van der Waals surface area contributed by atoms with Gasteiger partial charge in [-0.05, 0) is 47.2 Å². The molecule has 0 fully saturated rings. The van der Waals surface area contributed by atoms with E-state index in [1.807, 2.05) is 12.1 Å². The third kappa shape index (κ3) is 4.07. The normalized spacial score (nSPS) is 13.9. The monoisotopic (exact) mass is 366 g/mol. The lowest BCUT2D eigenvalue weighted by molar-refractivity contribution is 0.287. The number of benzene rings is 2. The molecule has 2 aromatic rings. The molecule has 0 unspecified atom stereocenters. The second-order valence-electron chi connectivity index (χ2n) is 7.69. The molecule has 0 saturated heterocycles. The van der Waals surface area contributed by atoms with Crippen molar-refractivity contribution in [2.45, 2.75) is 70.6 Å². The van der Waals surface area contributed by atoms with Crippen LogP contribution in [0.3, 0.4) is 0 Å². The van der Waals surface area contributed by atoms with Crippen molar-refractivity contribution in [2.75, 3.05) is 0 Å². The average molecular weight is 366 g/mol. The Hall–Kier alpha value is -1.78. The molecule has 0 aliphatic heterocycles. The molecular formula is C23H31BO3. The highest BCUT2D eigenvalue weighted by Gasteiger charge is 2.42. The van der Waals surface area contributed by atoms with Crippen molar-refractivity contribution in [1.29, 1.82) is 0 Å². The molecule has 0 radical (unpaired) electrons. The highest BCUT2D eigenvalue weighted by atomic mass is 16.6. The van der Waals surface area contributed by atoms with E-state index in [0.29, 0.717) is 5.75 Å². The van der Waals surface area contributed by atoms with Gasteiger partial charge in [0.25, 0.3) is 0 Å². The molecule has 0 heterocycles. The van der Waals surface area contributed by atoms with Gasteiger partial charge >= 0.3 is 7.32 Å². The second-order valence-corrected chi connectivity index (χ2v) is 7.69. The third-order valence-corrected chi connectivity index (χ3v) is 5.90. The molecule has 0 bridgehead atoms. The molecule has 0 amide bonds. The summed E-state index contributed by atoms with van der Waals surface area (Å²) in [5.41, 5.74) is 5.29. The maximum absolute atomic E-state index is 9.24. The quantitative estimate of drug-likeness (QED) is 0.433. The average Bonchev–Trinajstić information content (AvgIpc) is 2.92. The Bertz CT molecular complexity index is 747. The molecule has 0 atom stereocenters. The first kappa shape index (κ1) is 20.0. The predicted molar refractivity (Wildman–Crippen MR) is 112 cm³/mol. The van der Waals surface area contributed by atoms with E-state index in [2.05, 4.69) is 44.2 Å². The second kappa shape index (κ2) is 8.94. The van der Waals surface area contributed by atoms with E-state index < -0.39 is 7.32 Å². The van der Waals surface area contributed by atoms with E-state index in [1.54, 1.807) is 0 Å². The fourth-order valence-corrected chi connectivity index (χ4v) is 4.65. The lowest BCUT2D eigenvalue weighted by Gasteiger charge is -2.33. The maximum atomic E-state index is 9.24. The van der Waals surface area contributed by atoms with Crippen molar-refractivity contribution >= 4 is 7.32 Å². The summed E-state index contributed by atoms with van der Waals surface area (Å²) in [5.74, 6) is 0.520. The summed E-state index contributed by atoms with van der Waals surface area (Å²) in [4.78, 5) is 0. The first-order chi connectivity index (χ1) is 13.1. The number of fused-ring (bicyclic) bond motifs is 3. The molecule has 27 heavy (non-hydrogen) atoms. The molecule has 2 N–H and O–H groups in total. The van der Waals surface area contributed by atoms with Gasteiger partial charge in [0.1, 0.15) is 5.75 Å². The summed E-state index contributed by atoms with van der Waals surface area (Å²) < 4.78 is 5.19. The van der Waals surface area contributed by atoms with Gasteiger partial charge in [-0.2, -0.15) is 0 Å². The van der Waals surface area contributed by atoms with Crippen LogP contribution in [-0.2, 0) is 5.41 Å². The molecule has 1 aliphatic carbocycles. The van der Waals surface area contributed by atoms with Crippen molar-refractivity contribution in [3.63, 3.8) is 0 Å². The van der Waals surface area contributed by atoms with Crippen molar-refractivity contribution < 1.29 is 14.7 Å². The standard InChI is InChI=1S/C23H31BO3/c1-3-5-9-15-23(16-10-6-4-2)21-12-8-7-11-19(21)20-14-13-18(17-22(20)23)27-24(25)26/h7-8,11-14,17,25-26H,3-6,9-10,15-16H2,1-2H3. The highest BCUT2D eigenvalue weighted by Crippen LogP contribution is 2.54. The Morgan fingerprint density at radius 1 is 0.815 bits per heavy atom. The first-order valence-corrected chi connectivity index (χ1v) is 10.4. The van der Waals surface area contributed by atoms with E-state index in [-0.39, 0.29) is 5.41 Å². The lowest BCUT2D eigenvalue weighted by Crippen LogP contribution is -2.26. The van der Waals surface area contributed by atoms with Crippen LogP contribution in [0.2, 0.25) is 0 Å². The topological polar surface area (TPSA) is 49.7 Å². The molecule has 3 nitrogen and oxygen atoms in total. The Balaban J connectivity index is 2.08. The van der Waals surface area contributed by atoms with Crippen LogP contribution in [0.25, 0.3) is 11.1 Å². The van der Waals surface area contributed by atoms with E-state index in [4.69, 9.17) is 4.65 Å². The number of hydrogen-bond donors (Lipinski definition) is 2. The minimum absolute atomic E-state index is 0.00392. The van der Waals surface area contributed by atoms with Crippen molar-refractivity contribution in [2.24, 2.45) is 0 Å². The third-order valence-electron chi connectivity index (χ3n) is 5.90. The first-order valence-electron chi connectivity index (χ1n) is 10.4. The summed E-state index contributed by atoms with van der Waals surface area (Å²) in [7, 11) is -1.79. The summed E-state index contributed by atoms with van der Waals surface area (Å²) in [5, 5.41) is 18.5. The smallest absolute Gasteiger partial charge is 0.512 e. The molecule has 3 rings (SSSR count). The van der Waals surface area contributed by atoms with Crippen LogP contribution in [0.5, 0.6) is 5.75 Å². The summed E-state index contributed by atoms with van der Waals surface area (Å²) in [6.45, 7) is 4.49. The van der Waals surface area contributed by atoms with Gasteiger partial charge in [-0.15, -0.1) is 0 Å². The van der Waals surface area contributed by atoms with Gasteiger partial charge in [0, 0.05) is 5.41 Å². The fourth-order valence-electron chi connectivity index (χ4n) is 4.65. The molecule has 0 saturated carbocycles. The number of rotatable bonds is 10. The van der Waals surface area contributed by atoms with Crippen LogP contribution < -0.4 is 4.65 Å². The fraction of sp³-hybridized carbons (Fsp3) is 0.478. The molecular weight excluding hydrogens is 335 g/mol. The van der Waals surface area contributed by atoms with Crippen LogP contribution in [0.4, 0.5) is 0 Å². The maximum Gasteiger partial charge on any atom is 0.707 e. The van der Waals surface area contributed by atoms with Gasteiger partial charge in [0.2, 0.25) is 0 Å². The zero-order valence-corrected chi connectivity index (χ0v) is 16.6. The Morgan fingerprint density at radius 2 is 1.44 bits per heavy atom. The summed E-state index contributed by atoms with van der Waals surface area (Å²) >= 11 is 0. The van der Waals surface area contributed by atoms with Gasteiger partial charge in [-0.1, -0.05) is 82.7 Å². The van der Waals surface area contributed by atoms with E-state index in [1.165, 1.54) is 60.8 Å². The van der Waals surface area contributed by atoms with Gasteiger partial charge in [0.15, 0.2) is 0 Å². The van der Waals surface area contributed by atoms with E-state index in [0.717, 1.165) is 12.8 Å². The summed E-state index contributed by atoms with van der Waals surface area (Å²) in [6.07, 6.45) is 9.53. The zero-order valence-electron chi connectivity index (χ0n) is 16.6. The molecule has 4 heteroatoms. The largest absolute Gasteiger partial charge is 0.707 e. The van der Waals surface area contributed by atoms with Crippen LogP contribution >= 0.6 is 0 Å². The van der Waals surface area contributed by atoms with Crippen molar-refractivity contribution in [3.8, 4) is 16.9 Å². The zero-order chi connectivity index (χ0) is 19.3. The molecule has 1 aliphatic rings. The Labute approximate surface area is 163 Å². The number of hydrogen-bond acceptors (Lipinski definition) is 3. The Kier molecular flexibility index (Phi) is 6.62. The van der Waals surface area contributed by atoms with Gasteiger partial charge in [-0.3, -0.25) is 0 Å². The summed E-state index contributed by atoms with van der Waals surface area (Å²) in [6, 6.07) is 14.7. The van der Waals surface area contributed by atoms with Gasteiger partial charge < -0.3 is 14.7 Å². The van der Waals surface area contributed by atoms with Crippen LogP contribution in [-0.4, -0.2) is 17.4 Å². The SMILES string of the molecule is CCCCCC1(CCCCC)c2ccccc2-c2ccc(OB(O)O)cc21. The molecule has 0 spiro atoms. The predicted octanol–water partition coefficient (Wildman–Crippen LogP) is 5.46. The molecule has 0 aromatic heterocycles. The van der Waals surface area contributed by atoms with Crippen molar-refractivity contribution in [3.05, 3.63) is 53.6 Å². The van der Waals surface area contributed by atoms with Gasteiger partial charge in [-0.25, -0.2) is 0 Å². The van der Waals surface area contributed by atoms with Crippen molar-refractivity contribution in [1.82, 2.24) is 0 Å². The van der Waals surface area contributed by atoms with E-state index >= 15 is 0 Å². The molecule has 144 valence electrons. The van der Waals surface area contributed by atoms with E-state index in [9.17, 15) is 10.0 Å². The highest BCUT2D eigenvalue weighted by molar-refractivity contribution is 6.33. The minimum Gasteiger partial charge on any atom is -0.512 e. The van der Waals surface area contributed by atoms with Crippen LogP contribution in [0.15, 0.2) is 42.5 Å².